The van der Waals surface area contributed by atoms with E-state index >= 15 is 0 Å². The molecule has 0 amide bonds. The van der Waals surface area contributed by atoms with Gasteiger partial charge in [-0.15, -0.1) is 0 Å². The van der Waals surface area contributed by atoms with Crippen molar-refractivity contribution in [1.29, 1.82) is 0 Å². The Morgan fingerprint density at radius 3 is 2.37 bits per heavy atom. The Balaban J connectivity index is 1.58. The SMILES string of the molecule is CCc1ccc(/C=C2\Oc3cc(OC(=O)c4ccc(C)cc4)cc(C)c3C2=O)cc1. The summed E-state index contributed by atoms with van der Waals surface area (Å²) >= 11 is 0. The molecule has 0 aromatic heterocycles. The minimum Gasteiger partial charge on any atom is -0.452 e. The Labute approximate surface area is 175 Å². The molecule has 3 aromatic rings. The van der Waals surface area contributed by atoms with Crippen LogP contribution in [0, 0.1) is 13.8 Å². The van der Waals surface area contributed by atoms with Crippen LogP contribution in [0.2, 0.25) is 0 Å². The minimum atomic E-state index is -0.453. The molecule has 4 rings (SSSR count). The quantitative estimate of drug-likeness (QED) is 0.321. The van der Waals surface area contributed by atoms with Gasteiger partial charge in [0, 0.05) is 6.07 Å². The molecule has 30 heavy (non-hydrogen) atoms. The highest BCUT2D eigenvalue weighted by atomic mass is 16.5. The van der Waals surface area contributed by atoms with E-state index in [1.807, 2.05) is 50.2 Å². The fourth-order valence-corrected chi connectivity index (χ4v) is 3.39. The third-order valence-corrected chi connectivity index (χ3v) is 5.13. The average Bonchev–Trinajstić information content (AvgIpc) is 3.04. The first-order valence-corrected chi connectivity index (χ1v) is 9.91. The van der Waals surface area contributed by atoms with Gasteiger partial charge in [0.15, 0.2) is 5.76 Å². The molecule has 4 heteroatoms. The summed E-state index contributed by atoms with van der Waals surface area (Å²) in [7, 11) is 0. The largest absolute Gasteiger partial charge is 0.452 e. The predicted molar refractivity (Wildman–Crippen MR) is 116 cm³/mol. The van der Waals surface area contributed by atoms with Gasteiger partial charge in [-0.1, -0.05) is 48.9 Å². The molecule has 0 spiro atoms. The Morgan fingerprint density at radius 1 is 1.00 bits per heavy atom. The molecule has 0 radical (unpaired) electrons. The first kappa shape index (κ1) is 19.6. The Hall–Kier alpha value is -3.66. The maximum Gasteiger partial charge on any atom is 0.343 e. The molecule has 150 valence electrons. The first-order chi connectivity index (χ1) is 14.4. The van der Waals surface area contributed by atoms with Gasteiger partial charge in [0.1, 0.15) is 11.5 Å². The van der Waals surface area contributed by atoms with Crippen LogP contribution in [0.4, 0.5) is 0 Å². The van der Waals surface area contributed by atoms with Crippen LogP contribution in [-0.2, 0) is 6.42 Å². The molecule has 3 aromatic carbocycles. The maximum atomic E-state index is 12.8. The number of ether oxygens (including phenoxy) is 2. The number of hydrogen-bond acceptors (Lipinski definition) is 4. The number of carbonyl (C=O) groups is 2. The van der Waals surface area contributed by atoms with E-state index in [9.17, 15) is 9.59 Å². The molecule has 0 saturated heterocycles. The van der Waals surface area contributed by atoms with Crippen molar-refractivity contribution in [3.05, 3.63) is 99.8 Å². The summed E-state index contributed by atoms with van der Waals surface area (Å²) in [6.45, 7) is 5.86. The van der Waals surface area contributed by atoms with Crippen molar-refractivity contribution < 1.29 is 19.1 Å². The van der Waals surface area contributed by atoms with Crippen LogP contribution in [0.25, 0.3) is 6.08 Å². The Morgan fingerprint density at radius 2 is 1.70 bits per heavy atom. The summed E-state index contributed by atoms with van der Waals surface area (Å²) < 4.78 is 11.3. The molecule has 0 saturated carbocycles. The monoisotopic (exact) mass is 398 g/mol. The molecule has 0 atom stereocenters. The van der Waals surface area contributed by atoms with Gasteiger partial charge in [0.2, 0.25) is 5.78 Å². The van der Waals surface area contributed by atoms with E-state index in [0.717, 1.165) is 17.5 Å². The number of fused-ring (bicyclic) bond motifs is 1. The summed E-state index contributed by atoms with van der Waals surface area (Å²) in [5, 5.41) is 0. The van der Waals surface area contributed by atoms with Crippen molar-refractivity contribution in [2.45, 2.75) is 27.2 Å². The standard InChI is InChI=1S/C26H22O4/c1-4-18-7-9-19(10-8-18)14-23-25(27)24-17(3)13-21(15-22(24)30-23)29-26(28)20-11-5-16(2)6-12-20/h5-15H,4H2,1-3H3/b23-14-. The molecule has 1 aliphatic heterocycles. The Kier molecular flexibility index (Phi) is 5.23. The fraction of sp³-hybridized carbons (Fsp3) is 0.154. The van der Waals surface area contributed by atoms with Crippen LogP contribution in [-0.4, -0.2) is 11.8 Å². The van der Waals surface area contributed by atoms with E-state index in [-0.39, 0.29) is 11.5 Å². The number of hydrogen-bond donors (Lipinski definition) is 0. The Bertz CT molecular complexity index is 1150. The number of aryl methyl sites for hydroxylation is 3. The normalized spacial score (nSPS) is 13.8. The summed E-state index contributed by atoms with van der Waals surface area (Å²) in [4.78, 5) is 25.2. The molecule has 4 nitrogen and oxygen atoms in total. The number of carbonyl (C=O) groups excluding carboxylic acids is 2. The topological polar surface area (TPSA) is 52.6 Å². The zero-order valence-corrected chi connectivity index (χ0v) is 17.2. The summed E-state index contributed by atoms with van der Waals surface area (Å²) in [5.74, 6) is 0.393. The lowest BCUT2D eigenvalue weighted by molar-refractivity contribution is 0.0734. The van der Waals surface area contributed by atoms with Crippen LogP contribution < -0.4 is 9.47 Å². The van der Waals surface area contributed by atoms with Gasteiger partial charge in [-0.2, -0.15) is 0 Å². The van der Waals surface area contributed by atoms with E-state index in [2.05, 4.69) is 6.92 Å². The molecule has 0 unspecified atom stereocenters. The van der Waals surface area contributed by atoms with Gasteiger partial charge in [-0.25, -0.2) is 4.79 Å². The zero-order valence-electron chi connectivity index (χ0n) is 17.2. The molecule has 0 fully saturated rings. The predicted octanol–water partition coefficient (Wildman–Crippen LogP) is 5.70. The number of benzene rings is 3. The van der Waals surface area contributed by atoms with E-state index in [1.165, 1.54) is 5.56 Å². The average molecular weight is 398 g/mol. The lowest BCUT2D eigenvalue weighted by Gasteiger charge is -2.08. The van der Waals surface area contributed by atoms with Crippen LogP contribution >= 0.6 is 0 Å². The van der Waals surface area contributed by atoms with Crippen molar-refractivity contribution in [2.75, 3.05) is 0 Å². The van der Waals surface area contributed by atoms with Gasteiger partial charge < -0.3 is 9.47 Å². The van der Waals surface area contributed by atoms with Gasteiger partial charge in [-0.3, -0.25) is 4.79 Å². The van der Waals surface area contributed by atoms with Crippen molar-refractivity contribution in [3.63, 3.8) is 0 Å². The number of Topliss-reactive ketones (excluding diaryl/α,β-unsaturated/α-hetero) is 1. The van der Waals surface area contributed by atoms with Crippen LogP contribution in [0.1, 0.15) is 49.9 Å². The first-order valence-electron chi connectivity index (χ1n) is 9.91. The molecular weight excluding hydrogens is 376 g/mol. The van der Waals surface area contributed by atoms with Gasteiger partial charge in [-0.05, 0) is 61.2 Å². The second kappa shape index (κ2) is 7.99. The molecular formula is C26H22O4. The lowest BCUT2D eigenvalue weighted by atomic mass is 10.0. The summed E-state index contributed by atoms with van der Waals surface area (Å²) in [6, 6.07) is 18.4. The number of ketones is 1. The highest BCUT2D eigenvalue weighted by molar-refractivity contribution is 6.15. The number of esters is 1. The maximum absolute atomic E-state index is 12.8. The summed E-state index contributed by atoms with van der Waals surface area (Å²) in [6.07, 6.45) is 2.69. The van der Waals surface area contributed by atoms with Crippen molar-refractivity contribution >= 4 is 17.8 Å². The molecule has 1 heterocycles. The second-order valence-electron chi connectivity index (χ2n) is 7.40. The number of rotatable bonds is 4. The van der Waals surface area contributed by atoms with Crippen molar-refractivity contribution in [3.8, 4) is 11.5 Å². The van der Waals surface area contributed by atoms with E-state index in [4.69, 9.17) is 9.47 Å². The van der Waals surface area contributed by atoms with E-state index in [1.54, 1.807) is 30.3 Å². The van der Waals surface area contributed by atoms with Crippen molar-refractivity contribution in [1.82, 2.24) is 0 Å². The van der Waals surface area contributed by atoms with Gasteiger partial charge in [0.05, 0.1) is 11.1 Å². The zero-order chi connectivity index (χ0) is 21.3. The van der Waals surface area contributed by atoms with Crippen LogP contribution in [0.5, 0.6) is 11.5 Å². The van der Waals surface area contributed by atoms with Gasteiger partial charge in [0.25, 0.3) is 0 Å². The smallest absolute Gasteiger partial charge is 0.343 e. The highest BCUT2D eigenvalue weighted by Gasteiger charge is 2.30. The van der Waals surface area contributed by atoms with Crippen LogP contribution in [0.3, 0.4) is 0 Å². The second-order valence-corrected chi connectivity index (χ2v) is 7.40. The summed E-state index contributed by atoms with van der Waals surface area (Å²) in [5.41, 5.74) is 4.86. The minimum absolute atomic E-state index is 0.168. The molecule has 0 aliphatic carbocycles. The lowest BCUT2D eigenvalue weighted by Crippen LogP contribution is -2.08. The fourth-order valence-electron chi connectivity index (χ4n) is 3.39. The van der Waals surface area contributed by atoms with Crippen LogP contribution in [0.15, 0.2) is 66.4 Å². The highest BCUT2D eigenvalue weighted by Crippen LogP contribution is 2.37. The van der Waals surface area contributed by atoms with Gasteiger partial charge >= 0.3 is 5.97 Å². The molecule has 0 N–H and O–H groups in total. The van der Waals surface area contributed by atoms with E-state index < -0.39 is 5.97 Å². The third kappa shape index (κ3) is 3.90. The molecule has 0 bridgehead atoms. The number of allylic oxidation sites excluding steroid dienone is 1. The third-order valence-electron chi connectivity index (χ3n) is 5.13. The van der Waals surface area contributed by atoms with Crippen molar-refractivity contribution in [2.24, 2.45) is 0 Å². The van der Waals surface area contributed by atoms with E-state index in [0.29, 0.717) is 28.2 Å². The molecule has 1 aliphatic rings.